The van der Waals surface area contributed by atoms with Crippen molar-refractivity contribution in [1.82, 2.24) is 9.62 Å². The molecule has 2 fully saturated rings. The molecule has 2 aromatic rings. The molecule has 1 saturated heterocycles. The lowest BCUT2D eigenvalue weighted by Gasteiger charge is -2.21. The van der Waals surface area contributed by atoms with Crippen LogP contribution >= 0.6 is 11.6 Å². The second kappa shape index (κ2) is 8.69. The normalized spacial score (nSPS) is 24.3. The zero-order valence-electron chi connectivity index (χ0n) is 17.1. The Hall–Kier alpha value is -1.89. The third-order valence-electron chi connectivity index (χ3n) is 6.03. The summed E-state index contributed by atoms with van der Waals surface area (Å²) in [5.41, 5.74) is 3.38. The fourth-order valence-electron chi connectivity index (χ4n) is 4.50. The fraction of sp³-hybridized carbons (Fsp3) is 0.435. The second-order valence-corrected chi connectivity index (χ2v) is 10.6. The molecular formula is C23H27ClN2O3S. The maximum Gasteiger partial charge on any atom is 0.226 e. The average molecular weight is 447 g/mol. The molecule has 3 unspecified atom stereocenters. The molecule has 1 heterocycles. The lowest BCUT2D eigenvalue weighted by molar-refractivity contribution is -0.132. The summed E-state index contributed by atoms with van der Waals surface area (Å²) in [4.78, 5) is 15.1. The highest BCUT2D eigenvalue weighted by Gasteiger charge is 2.46. The summed E-state index contributed by atoms with van der Waals surface area (Å²) in [6, 6.07) is 16.0. The van der Waals surface area contributed by atoms with Crippen LogP contribution in [0, 0.1) is 5.92 Å². The van der Waals surface area contributed by atoms with Crippen molar-refractivity contribution < 1.29 is 13.2 Å². The van der Waals surface area contributed by atoms with Crippen molar-refractivity contribution in [2.45, 2.75) is 37.6 Å². The number of carbonyl (C=O) groups is 1. The highest BCUT2D eigenvalue weighted by Crippen LogP contribution is 2.51. The van der Waals surface area contributed by atoms with Crippen molar-refractivity contribution in [2.75, 3.05) is 19.3 Å². The largest absolute Gasteiger partial charge is 0.342 e. The van der Waals surface area contributed by atoms with Crippen LogP contribution in [0.4, 0.5) is 0 Å². The van der Waals surface area contributed by atoms with Gasteiger partial charge in [-0.25, -0.2) is 13.1 Å². The Bertz CT molecular complexity index is 1030. The molecule has 1 amide bonds. The van der Waals surface area contributed by atoms with Gasteiger partial charge in [0.05, 0.1) is 6.26 Å². The van der Waals surface area contributed by atoms with Crippen LogP contribution in [0.15, 0.2) is 48.5 Å². The first-order chi connectivity index (χ1) is 14.3. The highest BCUT2D eigenvalue weighted by atomic mass is 35.5. The Labute approximate surface area is 183 Å². The van der Waals surface area contributed by atoms with Crippen LogP contribution < -0.4 is 4.72 Å². The van der Waals surface area contributed by atoms with Crippen LogP contribution in [0.5, 0.6) is 0 Å². The average Bonchev–Trinajstić information content (AvgIpc) is 3.51. The van der Waals surface area contributed by atoms with E-state index in [2.05, 4.69) is 22.9 Å². The molecule has 1 saturated carbocycles. The summed E-state index contributed by atoms with van der Waals surface area (Å²) in [6.45, 7) is 1.29. The van der Waals surface area contributed by atoms with E-state index in [0.717, 1.165) is 30.4 Å². The molecule has 0 bridgehead atoms. The molecule has 3 atom stereocenters. The van der Waals surface area contributed by atoms with E-state index in [9.17, 15) is 13.2 Å². The highest BCUT2D eigenvalue weighted by molar-refractivity contribution is 7.88. The molecule has 2 aromatic carbocycles. The van der Waals surface area contributed by atoms with Gasteiger partial charge in [0, 0.05) is 30.1 Å². The van der Waals surface area contributed by atoms with Crippen molar-refractivity contribution in [3.63, 3.8) is 0 Å². The molecule has 1 aliphatic carbocycles. The van der Waals surface area contributed by atoms with E-state index >= 15 is 0 Å². The number of halogens is 1. The Morgan fingerprint density at radius 1 is 1.10 bits per heavy atom. The Morgan fingerprint density at radius 3 is 2.60 bits per heavy atom. The Morgan fingerprint density at radius 2 is 1.87 bits per heavy atom. The first-order valence-electron chi connectivity index (χ1n) is 10.4. The van der Waals surface area contributed by atoms with Crippen molar-refractivity contribution >= 4 is 27.5 Å². The predicted molar refractivity (Wildman–Crippen MR) is 120 cm³/mol. The van der Waals surface area contributed by atoms with Crippen molar-refractivity contribution in [3.8, 4) is 11.1 Å². The molecule has 7 heteroatoms. The number of benzene rings is 2. The molecular weight excluding hydrogens is 420 g/mol. The lowest BCUT2D eigenvalue weighted by Crippen LogP contribution is -2.36. The molecule has 160 valence electrons. The van der Waals surface area contributed by atoms with Gasteiger partial charge in [0.15, 0.2) is 0 Å². The van der Waals surface area contributed by atoms with Gasteiger partial charge >= 0.3 is 0 Å². The van der Waals surface area contributed by atoms with Crippen LogP contribution in [0.1, 0.15) is 37.2 Å². The van der Waals surface area contributed by atoms with E-state index in [0.29, 0.717) is 24.5 Å². The van der Waals surface area contributed by atoms with Crippen LogP contribution in [-0.2, 0) is 14.8 Å². The molecule has 2 aliphatic rings. The van der Waals surface area contributed by atoms with Crippen LogP contribution in [-0.4, -0.2) is 44.6 Å². The predicted octanol–water partition coefficient (Wildman–Crippen LogP) is 4.04. The number of rotatable bonds is 5. The van der Waals surface area contributed by atoms with Gasteiger partial charge in [0.25, 0.3) is 0 Å². The van der Waals surface area contributed by atoms with E-state index in [1.165, 1.54) is 11.8 Å². The quantitative estimate of drug-likeness (QED) is 0.753. The number of sulfonamides is 1. The van der Waals surface area contributed by atoms with Gasteiger partial charge in [0.1, 0.15) is 0 Å². The van der Waals surface area contributed by atoms with Crippen LogP contribution in [0.25, 0.3) is 11.1 Å². The third kappa shape index (κ3) is 5.05. The number of carbonyl (C=O) groups excluding carboxylic acids is 1. The third-order valence-corrected chi connectivity index (χ3v) is 7.02. The van der Waals surface area contributed by atoms with Gasteiger partial charge in [-0.1, -0.05) is 48.0 Å². The first kappa shape index (κ1) is 21.3. The SMILES string of the molecule is CS(=O)(=O)NC1CCCN(C(=O)C2CC2c2ccc(Cl)cc2-c2ccccc2)CC1. The number of nitrogens with one attached hydrogen (secondary N) is 1. The summed E-state index contributed by atoms with van der Waals surface area (Å²) < 4.78 is 25.7. The second-order valence-electron chi connectivity index (χ2n) is 8.39. The van der Waals surface area contributed by atoms with Crippen molar-refractivity contribution in [1.29, 1.82) is 0 Å². The standard InChI is InChI=1S/C23H27ClN2O3S/c1-30(28,29)25-18-8-5-12-26(13-11-18)23(27)22-15-21(22)19-10-9-17(24)14-20(19)16-6-3-2-4-7-16/h2-4,6-7,9-10,14,18,21-22,25H,5,8,11-13,15H2,1H3. The van der Waals surface area contributed by atoms with E-state index in [1.54, 1.807) is 0 Å². The van der Waals surface area contributed by atoms with E-state index < -0.39 is 10.0 Å². The lowest BCUT2D eigenvalue weighted by atomic mass is 9.96. The molecule has 0 aromatic heterocycles. The topological polar surface area (TPSA) is 66.5 Å². The molecule has 1 aliphatic heterocycles. The minimum Gasteiger partial charge on any atom is -0.342 e. The summed E-state index contributed by atoms with van der Waals surface area (Å²) in [6.07, 6.45) is 4.27. The van der Waals surface area contributed by atoms with Gasteiger partial charge in [-0.15, -0.1) is 0 Å². The zero-order chi connectivity index (χ0) is 21.3. The Kier molecular flexibility index (Phi) is 6.19. The number of nitrogens with zero attached hydrogens (tertiary/aromatic N) is 1. The summed E-state index contributed by atoms with van der Waals surface area (Å²) in [5, 5.41) is 0.693. The first-order valence-corrected chi connectivity index (χ1v) is 12.7. The summed E-state index contributed by atoms with van der Waals surface area (Å²) in [7, 11) is -3.23. The monoisotopic (exact) mass is 446 g/mol. The van der Waals surface area contributed by atoms with Crippen molar-refractivity contribution in [3.05, 3.63) is 59.1 Å². The zero-order valence-corrected chi connectivity index (χ0v) is 18.6. The smallest absolute Gasteiger partial charge is 0.226 e. The van der Waals surface area contributed by atoms with Gasteiger partial charge in [-0.05, 0) is 60.4 Å². The minimum absolute atomic E-state index is 0.00643. The molecule has 5 nitrogen and oxygen atoms in total. The van der Waals surface area contributed by atoms with Crippen molar-refractivity contribution in [2.24, 2.45) is 5.92 Å². The van der Waals surface area contributed by atoms with Gasteiger partial charge < -0.3 is 4.90 Å². The molecule has 4 rings (SSSR count). The van der Waals surface area contributed by atoms with Crippen LogP contribution in [0.2, 0.25) is 5.02 Å². The minimum atomic E-state index is -3.23. The maximum atomic E-state index is 13.2. The Balaban J connectivity index is 1.46. The molecule has 0 radical (unpaired) electrons. The summed E-state index contributed by atoms with van der Waals surface area (Å²) >= 11 is 6.27. The number of amides is 1. The molecule has 1 N–H and O–H groups in total. The van der Waals surface area contributed by atoms with E-state index in [-0.39, 0.29) is 23.8 Å². The van der Waals surface area contributed by atoms with Gasteiger partial charge in [-0.2, -0.15) is 0 Å². The fourth-order valence-corrected chi connectivity index (χ4v) is 5.52. The van der Waals surface area contributed by atoms with E-state index in [1.807, 2.05) is 35.2 Å². The van der Waals surface area contributed by atoms with Gasteiger partial charge in [-0.3, -0.25) is 4.79 Å². The van der Waals surface area contributed by atoms with Crippen LogP contribution in [0.3, 0.4) is 0 Å². The van der Waals surface area contributed by atoms with E-state index in [4.69, 9.17) is 11.6 Å². The number of likely N-dealkylation sites (tertiary alicyclic amines) is 1. The molecule has 30 heavy (non-hydrogen) atoms. The number of hydrogen-bond donors (Lipinski definition) is 1. The molecule has 0 spiro atoms. The van der Waals surface area contributed by atoms with Gasteiger partial charge in [0.2, 0.25) is 15.9 Å². The summed E-state index contributed by atoms with van der Waals surface area (Å²) in [5.74, 6) is 0.389. The number of hydrogen-bond acceptors (Lipinski definition) is 3. The maximum absolute atomic E-state index is 13.2.